The third-order valence-electron chi connectivity index (χ3n) is 3.41. The molecule has 0 spiro atoms. The molecule has 1 N–H and O–H groups in total. The molecule has 0 aromatic carbocycles. The summed E-state index contributed by atoms with van der Waals surface area (Å²) in [7, 11) is 0. The molecule has 0 bridgehead atoms. The van der Waals surface area contributed by atoms with Crippen molar-refractivity contribution in [3.63, 3.8) is 0 Å². The Morgan fingerprint density at radius 3 is 2.15 bits per heavy atom. The highest BCUT2D eigenvalue weighted by molar-refractivity contribution is 5.77. The zero-order chi connectivity index (χ0) is 20.3. The van der Waals surface area contributed by atoms with Crippen LogP contribution in [0, 0.1) is 0 Å². The van der Waals surface area contributed by atoms with Crippen LogP contribution in [0.5, 0.6) is 0 Å². The second-order valence-electron chi connectivity index (χ2n) is 7.09. The lowest BCUT2D eigenvalue weighted by molar-refractivity contribution is -0.141. The fourth-order valence-corrected chi connectivity index (χ4v) is 2.12. The van der Waals surface area contributed by atoms with Crippen molar-refractivity contribution >= 4 is 12.1 Å². The molecule has 6 nitrogen and oxygen atoms in total. The maximum atomic E-state index is 12.6. The molecule has 1 unspecified atom stereocenters. The number of ether oxygens (including phenoxy) is 1. The number of aromatic nitrogens is 1. The molecular formula is C17H23F3N2O4. The van der Waals surface area contributed by atoms with Crippen LogP contribution in [0.4, 0.5) is 18.0 Å². The summed E-state index contributed by atoms with van der Waals surface area (Å²) in [5, 5.41) is 9.47. The Morgan fingerprint density at radius 1 is 1.23 bits per heavy atom. The quantitative estimate of drug-likeness (QED) is 0.843. The summed E-state index contributed by atoms with van der Waals surface area (Å²) >= 11 is 0. The van der Waals surface area contributed by atoms with Crippen LogP contribution in [-0.4, -0.2) is 45.2 Å². The molecular weight excluding hydrogens is 353 g/mol. The number of carbonyl (C=O) groups is 2. The predicted octanol–water partition coefficient (Wildman–Crippen LogP) is 3.91. The van der Waals surface area contributed by atoms with Crippen molar-refractivity contribution in [3.05, 3.63) is 29.6 Å². The van der Waals surface area contributed by atoms with Crippen molar-refractivity contribution in [2.45, 2.75) is 58.4 Å². The van der Waals surface area contributed by atoms with Gasteiger partial charge in [0.05, 0.1) is 0 Å². The first-order valence-corrected chi connectivity index (χ1v) is 7.98. The number of nitrogens with zero attached hydrogens (tertiary/aromatic N) is 2. The molecule has 0 radical (unpaired) electrons. The number of rotatable bonds is 5. The summed E-state index contributed by atoms with van der Waals surface area (Å²) in [5.74, 6) is -2.51. The van der Waals surface area contributed by atoms with Gasteiger partial charge in [-0.25, -0.2) is 4.79 Å². The molecule has 9 heteroatoms. The average Bonchev–Trinajstić information content (AvgIpc) is 2.44. The zero-order valence-electron chi connectivity index (χ0n) is 15.3. The molecule has 0 saturated carbocycles. The van der Waals surface area contributed by atoms with Gasteiger partial charge in [0.1, 0.15) is 17.2 Å². The normalized spacial score (nSPS) is 13.4. The highest BCUT2D eigenvalue weighted by Gasteiger charge is 2.34. The lowest BCUT2D eigenvalue weighted by atomic mass is 9.99. The van der Waals surface area contributed by atoms with Crippen molar-refractivity contribution in [2.75, 3.05) is 6.54 Å². The van der Waals surface area contributed by atoms with Crippen LogP contribution >= 0.6 is 0 Å². The number of carboxylic acid groups (broad SMARTS) is 1. The predicted molar refractivity (Wildman–Crippen MR) is 87.7 cm³/mol. The minimum absolute atomic E-state index is 0.0692. The van der Waals surface area contributed by atoms with Crippen LogP contribution in [0.1, 0.15) is 51.8 Å². The van der Waals surface area contributed by atoms with E-state index in [4.69, 9.17) is 4.74 Å². The van der Waals surface area contributed by atoms with Gasteiger partial charge in [0.2, 0.25) is 0 Å². The van der Waals surface area contributed by atoms with Gasteiger partial charge in [0.25, 0.3) is 0 Å². The number of hydrogen-bond acceptors (Lipinski definition) is 4. The molecule has 0 aliphatic heterocycles. The van der Waals surface area contributed by atoms with Gasteiger partial charge in [-0.2, -0.15) is 13.2 Å². The van der Waals surface area contributed by atoms with Gasteiger partial charge in [-0.3, -0.25) is 9.78 Å². The van der Waals surface area contributed by atoms with Crippen LogP contribution in [0.25, 0.3) is 0 Å². The first-order valence-electron chi connectivity index (χ1n) is 7.98. The molecule has 0 fully saturated rings. The molecule has 146 valence electrons. The topological polar surface area (TPSA) is 79.7 Å². The second kappa shape index (κ2) is 7.92. The smallest absolute Gasteiger partial charge is 0.433 e. The van der Waals surface area contributed by atoms with Gasteiger partial charge in [-0.15, -0.1) is 0 Å². The van der Waals surface area contributed by atoms with E-state index >= 15 is 0 Å². The Morgan fingerprint density at radius 2 is 1.81 bits per heavy atom. The van der Waals surface area contributed by atoms with Gasteiger partial charge in [0.15, 0.2) is 0 Å². The van der Waals surface area contributed by atoms with E-state index in [0.717, 1.165) is 18.3 Å². The summed E-state index contributed by atoms with van der Waals surface area (Å²) in [5.41, 5.74) is -1.81. The van der Waals surface area contributed by atoms with Crippen molar-refractivity contribution < 1.29 is 32.6 Å². The van der Waals surface area contributed by atoms with Gasteiger partial charge in [-0.1, -0.05) is 6.07 Å². The summed E-state index contributed by atoms with van der Waals surface area (Å²) in [6, 6.07) is 1.41. The summed E-state index contributed by atoms with van der Waals surface area (Å²) < 4.78 is 43.1. The number of alkyl halides is 3. The lowest BCUT2D eigenvalue weighted by Crippen LogP contribution is -2.44. The van der Waals surface area contributed by atoms with E-state index in [0.29, 0.717) is 0 Å². The van der Waals surface area contributed by atoms with E-state index in [1.807, 2.05) is 0 Å². The molecule has 1 amide bonds. The van der Waals surface area contributed by atoms with E-state index in [9.17, 15) is 27.9 Å². The number of amides is 1. The van der Waals surface area contributed by atoms with Crippen molar-refractivity contribution in [1.29, 1.82) is 0 Å². The Kier molecular flexibility index (Phi) is 6.62. The number of aliphatic carboxylic acids is 1. The monoisotopic (exact) mass is 376 g/mol. The van der Waals surface area contributed by atoms with E-state index in [1.54, 1.807) is 34.6 Å². The Hall–Kier alpha value is -2.32. The zero-order valence-corrected chi connectivity index (χ0v) is 15.3. The fraction of sp³-hybridized carbons (Fsp3) is 0.588. The fourth-order valence-electron chi connectivity index (χ4n) is 2.12. The number of halogens is 3. The van der Waals surface area contributed by atoms with Crippen LogP contribution in [-0.2, 0) is 15.7 Å². The maximum Gasteiger partial charge on any atom is 0.433 e. The van der Waals surface area contributed by atoms with Crippen molar-refractivity contribution in [1.82, 2.24) is 9.88 Å². The van der Waals surface area contributed by atoms with E-state index in [2.05, 4.69) is 4.98 Å². The average molecular weight is 376 g/mol. The Balaban J connectivity index is 3.08. The van der Waals surface area contributed by atoms with E-state index in [1.165, 1.54) is 4.90 Å². The summed E-state index contributed by atoms with van der Waals surface area (Å²) in [6.45, 7) is 8.16. The van der Waals surface area contributed by atoms with Crippen LogP contribution in [0.2, 0.25) is 0 Å². The van der Waals surface area contributed by atoms with Crippen LogP contribution in [0.15, 0.2) is 18.3 Å². The number of pyridine rings is 1. The number of carbonyl (C=O) groups excluding carboxylic acids is 1. The van der Waals surface area contributed by atoms with E-state index < -0.39 is 35.5 Å². The molecule has 0 aliphatic carbocycles. The standard InChI is InChI=1S/C17H23F3N2O4/c1-10(2)22(15(25)26-16(3,4)5)9-12(14(23)24)11-6-7-13(21-8-11)17(18,19)20/h6-8,10,12H,9H2,1-5H3,(H,23,24). The third-order valence-corrected chi connectivity index (χ3v) is 3.41. The van der Waals surface area contributed by atoms with Gasteiger partial charge < -0.3 is 14.7 Å². The van der Waals surface area contributed by atoms with Crippen LogP contribution < -0.4 is 0 Å². The minimum atomic E-state index is -4.61. The third kappa shape index (κ3) is 6.20. The van der Waals surface area contributed by atoms with Crippen LogP contribution in [0.3, 0.4) is 0 Å². The minimum Gasteiger partial charge on any atom is -0.481 e. The molecule has 0 aliphatic rings. The summed E-state index contributed by atoms with van der Waals surface area (Å²) in [4.78, 5) is 28.5. The van der Waals surface area contributed by atoms with Crippen molar-refractivity contribution in [3.8, 4) is 0 Å². The lowest BCUT2D eigenvalue weighted by Gasteiger charge is -2.31. The number of carboxylic acids is 1. The maximum absolute atomic E-state index is 12.6. The second-order valence-corrected chi connectivity index (χ2v) is 7.09. The molecule has 1 heterocycles. The molecule has 1 aromatic heterocycles. The Bertz CT molecular complexity index is 637. The molecule has 0 saturated heterocycles. The SMILES string of the molecule is CC(C)N(CC(C(=O)O)c1ccc(C(F)(F)F)nc1)C(=O)OC(C)(C)C. The first kappa shape index (κ1) is 21.7. The van der Waals surface area contributed by atoms with Gasteiger partial charge in [-0.05, 0) is 46.2 Å². The first-order chi connectivity index (χ1) is 11.7. The molecule has 1 atom stereocenters. The molecule has 1 aromatic rings. The van der Waals surface area contributed by atoms with E-state index in [-0.39, 0.29) is 18.2 Å². The highest BCUT2D eigenvalue weighted by atomic mass is 19.4. The highest BCUT2D eigenvalue weighted by Crippen LogP contribution is 2.28. The number of hydrogen-bond donors (Lipinski definition) is 1. The van der Waals surface area contributed by atoms with Gasteiger partial charge in [0, 0.05) is 18.8 Å². The molecule has 1 rings (SSSR count). The van der Waals surface area contributed by atoms with Gasteiger partial charge >= 0.3 is 18.2 Å². The summed E-state index contributed by atoms with van der Waals surface area (Å²) in [6.07, 6.45) is -4.44. The van der Waals surface area contributed by atoms with Crippen molar-refractivity contribution in [2.24, 2.45) is 0 Å². The largest absolute Gasteiger partial charge is 0.481 e. The molecule has 26 heavy (non-hydrogen) atoms. The Labute approximate surface area is 150 Å².